The number of methoxy groups -OCH3 is 1. The van der Waals surface area contributed by atoms with E-state index < -0.39 is 0 Å². The molecule has 1 aliphatic carbocycles. The van der Waals surface area contributed by atoms with Crippen molar-refractivity contribution in [1.29, 1.82) is 0 Å². The average Bonchev–Trinajstić information content (AvgIpc) is 2.95. The number of rotatable bonds is 6. The lowest BCUT2D eigenvalue weighted by Gasteiger charge is -2.35. The predicted molar refractivity (Wildman–Crippen MR) is 82.1 cm³/mol. The molecular weight excluding hydrogens is 264 g/mol. The van der Waals surface area contributed by atoms with E-state index in [9.17, 15) is 0 Å². The fraction of sp³-hybridized carbons (Fsp3) is 0.500. The Balaban J connectivity index is 1.68. The summed E-state index contributed by atoms with van der Waals surface area (Å²) in [5.41, 5.74) is 7.42. The first kappa shape index (κ1) is 14.1. The third-order valence-electron chi connectivity index (χ3n) is 4.27. The van der Waals surface area contributed by atoms with Crippen LogP contribution in [0.2, 0.25) is 0 Å². The largest absolute Gasteiger partial charge is 0.494 e. The maximum Gasteiger partial charge on any atom is 0.145 e. The van der Waals surface area contributed by atoms with E-state index in [2.05, 4.69) is 21.0 Å². The lowest BCUT2D eigenvalue weighted by atomic mass is 9.77. The van der Waals surface area contributed by atoms with Crippen LogP contribution in [0, 0.1) is 5.92 Å². The van der Waals surface area contributed by atoms with Gasteiger partial charge in [-0.05, 0) is 50.3 Å². The summed E-state index contributed by atoms with van der Waals surface area (Å²) in [4.78, 5) is 4.40. The Kier molecular flexibility index (Phi) is 4.20. The summed E-state index contributed by atoms with van der Waals surface area (Å²) in [6.07, 6.45) is 10.5. The fourth-order valence-corrected chi connectivity index (χ4v) is 2.99. The molecule has 2 aromatic rings. The second-order valence-electron chi connectivity index (χ2n) is 5.69. The zero-order valence-corrected chi connectivity index (χ0v) is 12.4. The fourth-order valence-electron chi connectivity index (χ4n) is 2.99. The standard InChI is InChI=1S/C16H22N4O/c1-21-15-5-3-7-18-16(15)13-10-19-20(11-13)14-8-12(9-14)4-2-6-17/h3,5,7,10-12,14H,2,4,6,8-9,17H2,1H3. The lowest BCUT2D eigenvalue weighted by Crippen LogP contribution is -2.27. The molecule has 1 saturated carbocycles. The smallest absolute Gasteiger partial charge is 0.145 e. The molecule has 0 aromatic carbocycles. The molecule has 0 amide bonds. The maximum absolute atomic E-state index is 5.56. The van der Waals surface area contributed by atoms with E-state index in [4.69, 9.17) is 10.5 Å². The monoisotopic (exact) mass is 286 g/mol. The van der Waals surface area contributed by atoms with Gasteiger partial charge in [-0.1, -0.05) is 0 Å². The SMILES string of the molecule is COc1cccnc1-c1cnn(C2CC(CCCN)C2)c1. The zero-order valence-electron chi connectivity index (χ0n) is 12.4. The summed E-state index contributed by atoms with van der Waals surface area (Å²) in [5.74, 6) is 1.60. The highest BCUT2D eigenvalue weighted by Crippen LogP contribution is 2.40. The van der Waals surface area contributed by atoms with Gasteiger partial charge in [-0.25, -0.2) is 0 Å². The second kappa shape index (κ2) is 6.26. The summed E-state index contributed by atoms with van der Waals surface area (Å²) >= 11 is 0. The summed E-state index contributed by atoms with van der Waals surface area (Å²) in [6.45, 7) is 0.798. The molecule has 0 unspecified atom stereocenters. The first-order chi connectivity index (χ1) is 10.3. The molecule has 5 heteroatoms. The van der Waals surface area contributed by atoms with E-state index in [1.807, 2.05) is 18.3 Å². The van der Waals surface area contributed by atoms with Crippen molar-refractivity contribution in [1.82, 2.24) is 14.8 Å². The van der Waals surface area contributed by atoms with Crippen LogP contribution in [0.15, 0.2) is 30.7 Å². The van der Waals surface area contributed by atoms with Crippen LogP contribution in [0.25, 0.3) is 11.3 Å². The van der Waals surface area contributed by atoms with Gasteiger partial charge in [0.15, 0.2) is 0 Å². The molecule has 2 aromatic heterocycles. The summed E-state index contributed by atoms with van der Waals surface area (Å²) < 4.78 is 7.43. The quantitative estimate of drug-likeness (QED) is 0.886. The van der Waals surface area contributed by atoms with Crippen LogP contribution < -0.4 is 10.5 Å². The number of ether oxygens (including phenoxy) is 1. The molecule has 0 bridgehead atoms. The number of nitrogens with two attached hydrogens (primary N) is 1. The molecule has 112 valence electrons. The maximum atomic E-state index is 5.56. The van der Waals surface area contributed by atoms with Crippen LogP contribution in [0.4, 0.5) is 0 Å². The molecule has 0 radical (unpaired) electrons. The van der Waals surface area contributed by atoms with Crippen LogP contribution in [-0.2, 0) is 0 Å². The molecule has 2 N–H and O–H groups in total. The number of hydrogen-bond acceptors (Lipinski definition) is 4. The Hall–Kier alpha value is -1.88. The Morgan fingerprint density at radius 3 is 3.05 bits per heavy atom. The van der Waals surface area contributed by atoms with Crippen molar-refractivity contribution in [3.63, 3.8) is 0 Å². The third-order valence-corrected chi connectivity index (χ3v) is 4.27. The Morgan fingerprint density at radius 2 is 2.29 bits per heavy atom. The normalized spacial score (nSPS) is 21.0. The number of hydrogen-bond donors (Lipinski definition) is 1. The van der Waals surface area contributed by atoms with Crippen molar-refractivity contribution >= 4 is 0 Å². The number of nitrogens with zero attached hydrogens (tertiary/aromatic N) is 3. The van der Waals surface area contributed by atoms with E-state index in [0.29, 0.717) is 6.04 Å². The lowest BCUT2D eigenvalue weighted by molar-refractivity contribution is 0.171. The van der Waals surface area contributed by atoms with Crippen molar-refractivity contribution in [2.45, 2.75) is 31.7 Å². The van der Waals surface area contributed by atoms with Crippen molar-refractivity contribution in [3.05, 3.63) is 30.7 Å². The van der Waals surface area contributed by atoms with Crippen LogP contribution in [0.3, 0.4) is 0 Å². The molecule has 1 fully saturated rings. The van der Waals surface area contributed by atoms with Gasteiger partial charge in [0.05, 0.1) is 19.3 Å². The molecule has 2 heterocycles. The highest BCUT2D eigenvalue weighted by molar-refractivity contribution is 5.64. The highest BCUT2D eigenvalue weighted by Gasteiger charge is 2.30. The summed E-state index contributed by atoms with van der Waals surface area (Å²) in [7, 11) is 1.67. The topological polar surface area (TPSA) is 66.0 Å². The van der Waals surface area contributed by atoms with Gasteiger partial charge >= 0.3 is 0 Å². The molecule has 0 atom stereocenters. The van der Waals surface area contributed by atoms with Gasteiger partial charge in [0, 0.05) is 18.0 Å². The molecule has 0 aliphatic heterocycles. The van der Waals surface area contributed by atoms with Crippen molar-refractivity contribution in [2.24, 2.45) is 11.7 Å². The van der Waals surface area contributed by atoms with Crippen molar-refractivity contribution in [3.8, 4) is 17.0 Å². The Labute approximate surface area is 125 Å². The Bertz CT molecular complexity index is 589. The molecule has 0 saturated heterocycles. The third kappa shape index (κ3) is 2.93. The van der Waals surface area contributed by atoms with Gasteiger partial charge in [-0.3, -0.25) is 9.67 Å². The number of pyridine rings is 1. The van der Waals surface area contributed by atoms with E-state index in [1.54, 1.807) is 13.3 Å². The first-order valence-corrected chi connectivity index (χ1v) is 7.55. The van der Waals surface area contributed by atoms with Crippen LogP contribution >= 0.6 is 0 Å². The van der Waals surface area contributed by atoms with E-state index >= 15 is 0 Å². The second-order valence-corrected chi connectivity index (χ2v) is 5.69. The van der Waals surface area contributed by atoms with Crippen LogP contribution in [0.1, 0.15) is 31.7 Å². The number of aromatic nitrogens is 3. The van der Waals surface area contributed by atoms with Gasteiger partial charge in [-0.15, -0.1) is 0 Å². The molecule has 0 spiro atoms. The average molecular weight is 286 g/mol. The summed E-state index contributed by atoms with van der Waals surface area (Å²) in [5, 5.41) is 4.50. The van der Waals surface area contributed by atoms with Crippen LogP contribution in [0.5, 0.6) is 5.75 Å². The van der Waals surface area contributed by atoms with E-state index in [-0.39, 0.29) is 0 Å². The zero-order chi connectivity index (χ0) is 14.7. The van der Waals surface area contributed by atoms with Gasteiger partial charge in [0.1, 0.15) is 11.4 Å². The van der Waals surface area contributed by atoms with Gasteiger partial charge in [0.2, 0.25) is 0 Å². The minimum absolute atomic E-state index is 0.524. The van der Waals surface area contributed by atoms with Gasteiger partial charge in [0.25, 0.3) is 0 Å². The minimum atomic E-state index is 0.524. The highest BCUT2D eigenvalue weighted by atomic mass is 16.5. The van der Waals surface area contributed by atoms with Crippen LogP contribution in [-0.4, -0.2) is 28.4 Å². The molecule has 3 rings (SSSR count). The molecule has 21 heavy (non-hydrogen) atoms. The summed E-state index contributed by atoms with van der Waals surface area (Å²) in [6, 6.07) is 4.32. The van der Waals surface area contributed by atoms with Gasteiger partial charge < -0.3 is 10.5 Å². The first-order valence-electron chi connectivity index (χ1n) is 7.55. The van der Waals surface area contributed by atoms with Crippen molar-refractivity contribution < 1.29 is 4.74 Å². The minimum Gasteiger partial charge on any atom is -0.494 e. The van der Waals surface area contributed by atoms with E-state index in [1.165, 1.54) is 19.3 Å². The van der Waals surface area contributed by atoms with E-state index in [0.717, 1.165) is 35.9 Å². The Morgan fingerprint density at radius 1 is 1.43 bits per heavy atom. The van der Waals surface area contributed by atoms with Gasteiger partial charge in [-0.2, -0.15) is 5.10 Å². The predicted octanol–water partition coefficient (Wildman–Crippen LogP) is 2.64. The molecular formula is C16H22N4O. The molecule has 5 nitrogen and oxygen atoms in total. The van der Waals surface area contributed by atoms with Crippen molar-refractivity contribution in [2.75, 3.05) is 13.7 Å². The molecule has 1 aliphatic rings.